The van der Waals surface area contributed by atoms with Gasteiger partial charge in [-0.3, -0.25) is 0 Å². The van der Waals surface area contributed by atoms with Crippen LogP contribution in [0.15, 0.2) is 30.3 Å². The minimum atomic E-state index is 0.669. The van der Waals surface area contributed by atoms with E-state index in [-0.39, 0.29) is 0 Å². The van der Waals surface area contributed by atoms with Crippen molar-refractivity contribution in [3.8, 4) is 11.4 Å². The van der Waals surface area contributed by atoms with E-state index in [2.05, 4.69) is 12.0 Å². The number of hydrogen-bond donors (Lipinski definition) is 1. The van der Waals surface area contributed by atoms with E-state index in [0.29, 0.717) is 12.4 Å². The van der Waals surface area contributed by atoms with Crippen LogP contribution in [0.3, 0.4) is 0 Å². The molecule has 4 nitrogen and oxygen atoms in total. The molecule has 0 bridgehead atoms. The Balaban J connectivity index is 2.24. The number of aryl methyl sites for hydroxylation is 1. The minimum Gasteiger partial charge on any atom is -0.494 e. The molecule has 0 aliphatic carbocycles. The van der Waals surface area contributed by atoms with Gasteiger partial charge in [0, 0.05) is 6.07 Å². The predicted octanol–water partition coefficient (Wildman–Crippen LogP) is 2.81. The second-order valence-corrected chi connectivity index (χ2v) is 4.15. The Bertz CT molecular complexity index is 502. The van der Waals surface area contributed by atoms with Gasteiger partial charge in [-0.15, -0.1) is 0 Å². The molecule has 0 fully saturated rings. The maximum atomic E-state index is 5.97. The third-order valence-corrected chi connectivity index (χ3v) is 2.69. The molecule has 4 heteroatoms. The molecule has 0 aliphatic heterocycles. The van der Waals surface area contributed by atoms with Crippen molar-refractivity contribution in [2.45, 2.75) is 26.7 Å². The highest BCUT2D eigenvalue weighted by Gasteiger charge is 2.06. The first-order valence-electron chi connectivity index (χ1n) is 6.32. The molecular formula is C14H19N3O. The van der Waals surface area contributed by atoms with Crippen molar-refractivity contribution in [1.82, 2.24) is 9.78 Å². The van der Waals surface area contributed by atoms with Crippen LogP contribution in [-0.4, -0.2) is 16.4 Å². The van der Waals surface area contributed by atoms with Gasteiger partial charge in [0.15, 0.2) is 0 Å². The molecule has 0 atom stereocenters. The molecular weight excluding hydrogens is 226 g/mol. The van der Waals surface area contributed by atoms with E-state index in [1.165, 1.54) is 0 Å². The monoisotopic (exact) mass is 245 g/mol. The molecule has 1 aromatic heterocycles. The summed E-state index contributed by atoms with van der Waals surface area (Å²) in [6.07, 6.45) is 2.02. The standard InChI is InChI=1S/C14H19N3O/c1-3-5-11-10-14(15)17(16-11)12-6-8-13(9-7-12)18-4-2/h6-10H,3-5,15H2,1-2H3. The lowest BCUT2D eigenvalue weighted by molar-refractivity contribution is 0.340. The Kier molecular flexibility index (Phi) is 3.87. The number of hydrogen-bond acceptors (Lipinski definition) is 3. The normalized spacial score (nSPS) is 10.6. The molecule has 1 heterocycles. The fraction of sp³-hybridized carbons (Fsp3) is 0.357. The first kappa shape index (κ1) is 12.5. The molecule has 2 aromatic rings. The van der Waals surface area contributed by atoms with Gasteiger partial charge < -0.3 is 10.5 Å². The van der Waals surface area contributed by atoms with Crippen LogP contribution in [0, 0.1) is 0 Å². The lowest BCUT2D eigenvalue weighted by Gasteiger charge is -2.06. The number of anilines is 1. The van der Waals surface area contributed by atoms with Gasteiger partial charge >= 0.3 is 0 Å². The van der Waals surface area contributed by atoms with Gasteiger partial charge in [0.25, 0.3) is 0 Å². The zero-order valence-corrected chi connectivity index (χ0v) is 10.9. The molecule has 18 heavy (non-hydrogen) atoms. The van der Waals surface area contributed by atoms with Crippen LogP contribution in [0.4, 0.5) is 5.82 Å². The average molecular weight is 245 g/mol. The van der Waals surface area contributed by atoms with E-state index in [1.54, 1.807) is 4.68 Å². The van der Waals surface area contributed by atoms with Gasteiger partial charge in [0.1, 0.15) is 11.6 Å². The van der Waals surface area contributed by atoms with Gasteiger partial charge in [-0.1, -0.05) is 13.3 Å². The largest absolute Gasteiger partial charge is 0.494 e. The van der Waals surface area contributed by atoms with Crippen molar-refractivity contribution in [3.63, 3.8) is 0 Å². The van der Waals surface area contributed by atoms with Crippen LogP contribution in [0.2, 0.25) is 0 Å². The van der Waals surface area contributed by atoms with Crippen molar-refractivity contribution in [3.05, 3.63) is 36.0 Å². The average Bonchev–Trinajstić information content (AvgIpc) is 2.72. The van der Waals surface area contributed by atoms with Crippen LogP contribution in [-0.2, 0) is 6.42 Å². The van der Waals surface area contributed by atoms with Crippen LogP contribution >= 0.6 is 0 Å². The summed E-state index contributed by atoms with van der Waals surface area (Å²) >= 11 is 0. The number of nitrogens with zero attached hydrogens (tertiary/aromatic N) is 2. The number of nitrogen functional groups attached to an aromatic ring is 1. The minimum absolute atomic E-state index is 0.669. The van der Waals surface area contributed by atoms with Gasteiger partial charge in [-0.2, -0.15) is 5.10 Å². The summed E-state index contributed by atoms with van der Waals surface area (Å²) in [6, 6.07) is 9.72. The molecule has 0 radical (unpaired) electrons. The van der Waals surface area contributed by atoms with Gasteiger partial charge in [-0.05, 0) is 37.6 Å². The Hall–Kier alpha value is -1.97. The molecule has 0 saturated heterocycles. The molecule has 2 rings (SSSR count). The summed E-state index contributed by atoms with van der Waals surface area (Å²) in [5.74, 6) is 1.53. The number of nitrogens with two attached hydrogens (primary N) is 1. The number of aromatic nitrogens is 2. The van der Waals surface area contributed by atoms with Crippen LogP contribution in [0.5, 0.6) is 5.75 Å². The smallest absolute Gasteiger partial charge is 0.127 e. The molecule has 0 amide bonds. The van der Waals surface area contributed by atoms with Crippen molar-refractivity contribution in [1.29, 1.82) is 0 Å². The molecule has 2 N–H and O–H groups in total. The fourth-order valence-electron chi connectivity index (χ4n) is 1.88. The van der Waals surface area contributed by atoms with Crippen molar-refractivity contribution in [2.24, 2.45) is 0 Å². The topological polar surface area (TPSA) is 53.1 Å². The van der Waals surface area contributed by atoms with Crippen molar-refractivity contribution < 1.29 is 4.74 Å². The lowest BCUT2D eigenvalue weighted by Crippen LogP contribution is -2.02. The summed E-state index contributed by atoms with van der Waals surface area (Å²) in [4.78, 5) is 0. The highest BCUT2D eigenvalue weighted by Crippen LogP contribution is 2.18. The zero-order valence-electron chi connectivity index (χ0n) is 10.9. The van der Waals surface area contributed by atoms with Crippen LogP contribution in [0.25, 0.3) is 5.69 Å². The molecule has 0 unspecified atom stereocenters. The van der Waals surface area contributed by atoms with Gasteiger partial charge in [0.05, 0.1) is 18.0 Å². The fourth-order valence-corrected chi connectivity index (χ4v) is 1.88. The number of rotatable bonds is 5. The molecule has 0 spiro atoms. The number of benzene rings is 1. The Morgan fingerprint density at radius 1 is 1.22 bits per heavy atom. The number of ether oxygens (including phenoxy) is 1. The molecule has 1 aromatic carbocycles. The predicted molar refractivity (Wildman–Crippen MR) is 73.1 cm³/mol. The van der Waals surface area contributed by atoms with Crippen molar-refractivity contribution in [2.75, 3.05) is 12.3 Å². The maximum Gasteiger partial charge on any atom is 0.127 e. The third-order valence-electron chi connectivity index (χ3n) is 2.69. The van der Waals surface area contributed by atoms with E-state index in [0.717, 1.165) is 30.0 Å². The molecule has 96 valence electrons. The van der Waals surface area contributed by atoms with Gasteiger partial charge in [-0.25, -0.2) is 4.68 Å². The third kappa shape index (κ3) is 2.64. The van der Waals surface area contributed by atoms with E-state index in [4.69, 9.17) is 10.5 Å². The summed E-state index contributed by atoms with van der Waals surface area (Å²) in [5, 5.41) is 4.50. The second kappa shape index (κ2) is 5.58. The van der Waals surface area contributed by atoms with Crippen molar-refractivity contribution >= 4 is 5.82 Å². The SMILES string of the molecule is CCCc1cc(N)n(-c2ccc(OCC)cc2)n1. The Morgan fingerprint density at radius 2 is 1.94 bits per heavy atom. The Morgan fingerprint density at radius 3 is 2.56 bits per heavy atom. The highest BCUT2D eigenvalue weighted by molar-refractivity contribution is 5.44. The highest BCUT2D eigenvalue weighted by atomic mass is 16.5. The van der Waals surface area contributed by atoms with E-state index in [9.17, 15) is 0 Å². The van der Waals surface area contributed by atoms with E-state index in [1.807, 2.05) is 37.3 Å². The maximum absolute atomic E-state index is 5.97. The summed E-state index contributed by atoms with van der Waals surface area (Å²) in [7, 11) is 0. The zero-order chi connectivity index (χ0) is 13.0. The quantitative estimate of drug-likeness (QED) is 0.881. The van der Waals surface area contributed by atoms with Crippen LogP contribution < -0.4 is 10.5 Å². The van der Waals surface area contributed by atoms with Crippen LogP contribution in [0.1, 0.15) is 26.0 Å². The molecule has 0 saturated carbocycles. The first-order valence-corrected chi connectivity index (χ1v) is 6.32. The lowest BCUT2D eigenvalue weighted by atomic mass is 10.2. The summed E-state index contributed by atoms with van der Waals surface area (Å²) < 4.78 is 7.17. The van der Waals surface area contributed by atoms with E-state index < -0.39 is 0 Å². The van der Waals surface area contributed by atoms with E-state index >= 15 is 0 Å². The second-order valence-electron chi connectivity index (χ2n) is 4.15. The Labute approximate surface area is 107 Å². The summed E-state index contributed by atoms with van der Waals surface area (Å²) in [6.45, 7) is 4.77. The first-order chi connectivity index (χ1) is 8.74. The summed E-state index contributed by atoms with van der Waals surface area (Å²) in [5.41, 5.74) is 7.96. The van der Waals surface area contributed by atoms with Gasteiger partial charge in [0.2, 0.25) is 0 Å². The molecule has 0 aliphatic rings.